The third-order valence-corrected chi connectivity index (χ3v) is 5.98. The van der Waals surface area contributed by atoms with E-state index in [1.165, 1.54) is 5.56 Å². The molecule has 2 amide bonds. The number of nitrogens with zero attached hydrogens (tertiary/aromatic N) is 2. The normalized spacial score (nSPS) is 25.0. The Bertz CT molecular complexity index is 824. The summed E-state index contributed by atoms with van der Waals surface area (Å²) in [5.74, 6) is 0.191. The van der Waals surface area contributed by atoms with Crippen LogP contribution in [0.1, 0.15) is 34.7 Å². The zero-order valence-electron chi connectivity index (χ0n) is 16.0. The van der Waals surface area contributed by atoms with Gasteiger partial charge in [0, 0.05) is 43.7 Å². The molecule has 28 heavy (non-hydrogen) atoms. The van der Waals surface area contributed by atoms with Gasteiger partial charge in [-0.05, 0) is 30.5 Å². The van der Waals surface area contributed by atoms with Crippen LogP contribution in [0.5, 0.6) is 0 Å². The summed E-state index contributed by atoms with van der Waals surface area (Å²) < 4.78 is 0. The molecule has 5 nitrogen and oxygen atoms in total. The predicted molar refractivity (Wildman–Crippen MR) is 109 cm³/mol. The minimum Gasteiger partial charge on any atom is -0.340 e. The van der Waals surface area contributed by atoms with Crippen LogP contribution in [0.4, 0.5) is 0 Å². The van der Waals surface area contributed by atoms with Gasteiger partial charge in [0.2, 0.25) is 5.91 Å². The Balaban J connectivity index is 1.41. The maximum Gasteiger partial charge on any atom is 0.253 e. The lowest BCUT2D eigenvalue weighted by Crippen LogP contribution is -2.46. The highest BCUT2D eigenvalue weighted by atomic mass is 16.2. The number of rotatable bonds is 3. The summed E-state index contributed by atoms with van der Waals surface area (Å²) in [5, 5.41) is 0. The van der Waals surface area contributed by atoms with Gasteiger partial charge < -0.3 is 15.5 Å². The number of hydrogen-bond acceptors (Lipinski definition) is 3. The van der Waals surface area contributed by atoms with Crippen molar-refractivity contribution in [3.8, 4) is 0 Å². The van der Waals surface area contributed by atoms with Crippen LogP contribution < -0.4 is 5.73 Å². The summed E-state index contributed by atoms with van der Waals surface area (Å²) in [4.78, 5) is 29.7. The van der Waals surface area contributed by atoms with E-state index in [1.807, 2.05) is 58.3 Å². The first kappa shape index (κ1) is 18.7. The van der Waals surface area contributed by atoms with Crippen molar-refractivity contribution in [3.05, 3.63) is 71.8 Å². The molecule has 3 atom stereocenters. The van der Waals surface area contributed by atoms with E-state index in [4.69, 9.17) is 5.73 Å². The van der Waals surface area contributed by atoms with Crippen molar-refractivity contribution < 1.29 is 9.59 Å². The molecule has 0 radical (unpaired) electrons. The molecule has 0 spiro atoms. The summed E-state index contributed by atoms with van der Waals surface area (Å²) in [6.45, 7) is 2.45. The van der Waals surface area contributed by atoms with Gasteiger partial charge in [-0.1, -0.05) is 48.5 Å². The summed E-state index contributed by atoms with van der Waals surface area (Å²) in [5.41, 5.74) is 8.23. The molecule has 4 rings (SSSR count). The fraction of sp³-hybridized carbons (Fsp3) is 0.391. The van der Waals surface area contributed by atoms with Crippen LogP contribution in [-0.2, 0) is 4.79 Å². The summed E-state index contributed by atoms with van der Waals surface area (Å²) >= 11 is 0. The maximum absolute atomic E-state index is 13.2. The molecule has 2 aromatic rings. The van der Waals surface area contributed by atoms with Gasteiger partial charge in [-0.15, -0.1) is 0 Å². The summed E-state index contributed by atoms with van der Waals surface area (Å²) in [6, 6.07) is 19.4. The second kappa shape index (κ2) is 8.15. The number of carbonyl (C=O) groups excluding carboxylic acids is 2. The van der Waals surface area contributed by atoms with Crippen LogP contribution in [-0.4, -0.2) is 53.8 Å². The van der Waals surface area contributed by atoms with Crippen molar-refractivity contribution in [1.29, 1.82) is 0 Å². The second-order valence-electron chi connectivity index (χ2n) is 7.88. The minimum absolute atomic E-state index is 0.0124. The van der Waals surface area contributed by atoms with E-state index in [9.17, 15) is 9.59 Å². The summed E-state index contributed by atoms with van der Waals surface area (Å²) in [6.07, 6.45) is 1.69. The molecular formula is C23H27N3O2. The van der Waals surface area contributed by atoms with Crippen LogP contribution in [0.15, 0.2) is 60.7 Å². The molecule has 2 fully saturated rings. The van der Waals surface area contributed by atoms with Gasteiger partial charge >= 0.3 is 0 Å². The third-order valence-electron chi connectivity index (χ3n) is 5.98. The van der Waals surface area contributed by atoms with Crippen molar-refractivity contribution in [1.82, 2.24) is 9.80 Å². The standard InChI is InChI=1S/C23H27N3O2/c24-21-16-26(15-20(21)17-8-3-1-4-9-17)23(28)19-12-7-13-25(14-19)22(27)18-10-5-2-6-11-18/h1-6,8-11,19-21H,7,12-16,24H2/t19?,20-,21+/m0/s1. The van der Waals surface area contributed by atoms with Gasteiger partial charge in [-0.2, -0.15) is 0 Å². The first-order valence-corrected chi connectivity index (χ1v) is 10.1. The average molecular weight is 377 g/mol. The Labute approximate surface area is 166 Å². The molecule has 146 valence electrons. The zero-order valence-corrected chi connectivity index (χ0v) is 16.0. The quantitative estimate of drug-likeness (QED) is 0.894. The van der Waals surface area contributed by atoms with Gasteiger partial charge in [-0.3, -0.25) is 9.59 Å². The Kier molecular flexibility index (Phi) is 5.44. The van der Waals surface area contributed by atoms with Crippen molar-refractivity contribution in [2.45, 2.75) is 24.8 Å². The van der Waals surface area contributed by atoms with E-state index >= 15 is 0 Å². The van der Waals surface area contributed by atoms with E-state index in [1.54, 1.807) is 0 Å². The number of hydrogen-bond donors (Lipinski definition) is 1. The highest BCUT2D eigenvalue weighted by Crippen LogP contribution is 2.29. The molecule has 0 aliphatic carbocycles. The first-order valence-electron chi connectivity index (χ1n) is 10.1. The lowest BCUT2D eigenvalue weighted by Gasteiger charge is -2.34. The molecule has 2 saturated heterocycles. The predicted octanol–water partition coefficient (Wildman–Crippen LogP) is 2.49. The minimum atomic E-state index is -0.136. The molecule has 1 unspecified atom stereocenters. The highest BCUT2D eigenvalue weighted by molar-refractivity contribution is 5.94. The molecule has 2 N–H and O–H groups in total. The highest BCUT2D eigenvalue weighted by Gasteiger charge is 2.38. The molecule has 2 aromatic carbocycles. The fourth-order valence-corrected chi connectivity index (χ4v) is 4.45. The first-order chi connectivity index (χ1) is 13.6. The number of carbonyl (C=O) groups is 2. The van der Waals surface area contributed by atoms with Crippen molar-refractivity contribution in [3.63, 3.8) is 0 Å². The van der Waals surface area contributed by atoms with Gasteiger partial charge in [0.25, 0.3) is 5.91 Å². The lowest BCUT2D eigenvalue weighted by atomic mass is 9.95. The van der Waals surface area contributed by atoms with Crippen LogP contribution in [0, 0.1) is 5.92 Å². The number of nitrogens with two attached hydrogens (primary N) is 1. The lowest BCUT2D eigenvalue weighted by molar-refractivity contribution is -0.135. The number of benzene rings is 2. The van der Waals surface area contributed by atoms with Gasteiger partial charge in [0.05, 0.1) is 5.92 Å². The zero-order chi connectivity index (χ0) is 19.5. The monoisotopic (exact) mass is 377 g/mol. The molecule has 2 aliphatic heterocycles. The van der Waals surface area contributed by atoms with E-state index < -0.39 is 0 Å². The number of amides is 2. The van der Waals surface area contributed by atoms with Crippen LogP contribution >= 0.6 is 0 Å². The van der Waals surface area contributed by atoms with Gasteiger partial charge in [0.1, 0.15) is 0 Å². The van der Waals surface area contributed by atoms with E-state index in [0.717, 1.165) is 12.8 Å². The largest absolute Gasteiger partial charge is 0.340 e. The summed E-state index contributed by atoms with van der Waals surface area (Å²) in [7, 11) is 0. The number of piperidine rings is 1. The smallest absolute Gasteiger partial charge is 0.253 e. The van der Waals surface area contributed by atoms with Crippen molar-refractivity contribution in [2.24, 2.45) is 11.7 Å². The van der Waals surface area contributed by atoms with Crippen molar-refractivity contribution >= 4 is 11.8 Å². The van der Waals surface area contributed by atoms with Crippen LogP contribution in [0.2, 0.25) is 0 Å². The molecule has 0 saturated carbocycles. The van der Waals surface area contributed by atoms with E-state index in [2.05, 4.69) is 12.1 Å². The maximum atomic E-state index is 13.2. The van der Waals surface area contributed by atoms with E-state index in [0.29, 0.717) is 31.7 Å². The molecule has 0 aromatic heterocycles. The fourth-order valence-electron chi connectivity index (χ4n) is 4.45. The Hall–Kier alpha value is -2.66. The van der Waals surface area contributed by atoms with Gasteiger partial charge in [-0.25, -0.2) is 0 Å². The average Bonchev–Trinajstić information content (AvgIpc) is 3.15. The molecule has 2 aliphatic rings. The molecular weight excluding hydrogens is 350 g/mol. The molecule has 2 heterocycles. The Morgan fingerprint density at radius 1 is 0.857 bits per heavy atom. The molecule has 0 bridgehead atoms. The van der Waals surface area contributed by atoms with Crippen molar-refractivity contribution in [2.75, 3.05) is 26.2 Å². The van der Waals surface area contributed by atoms with Crippen LogP contribution in [0.25, 0.3) is 0 Å². The molecule has 5 heteroatoms. The Morgan fingerprint density at radius 3 is 2.25 bits per heavy atom. The SMILES string of the molecule is N[C@@H]1CN(C(=O)C2CCCN(C(=O)c3ccccc3)C2)C[C@H]1c1ccccc1. The third kappa shape index (κ3) is 3.80. The van der Waals surface area contributed by atoms with E-state index in [-0.39, 0.29) is 29.7 Å². The number of likely N-dealkylation sites (tertiary alicyclic amines) is 2. The Morgan fingerprint density at radius 2 is 1.54 bits per heavy atom. The van der Waals surface area contributed by atoms with Gasteiger partial charge in [0.15, 0.2) is 0 Å². The second-order valence-corrected chi connectivity index (χ2v) is 7.88. The van der Waals surface area contributed by atoms with Crippen LogP contribution in [0.3, 0.4) is 0 Å². The topological polar surface area (TPSA) is 66.6 Å².